The lowest BCUT2D eigenvalue weighted by molar-refractivity contribution is 0.102. The highest BCUT2D eigenvalue weighted by Crippen LogP contribution is 2.41. The Kier molecular flexibility index (Phi) is 8.41. The molecule has 0 saturated heterocycles. The molecule has 0 aliphatic rings. The summed E-state index contributed by atoms with van der Waals surface area (Å²) in [4.78, 5) is 12.7. The van der Waals surface area contributed by atoms with Crippen molar-refractivity contribution in [2.24, 2.45) is 10.2 Å². The minimum atomic E-state index is -4.62. The van der Waals surface area contributed by atoms with Gasteiger partial charge in [0, 0.05) is 22.2 Å². The first kappa shape index (κ1) is 28.3. The van der Waals surface area contributed by atoms with Crippen LogP contribution in [0.5, 0.6) is 11.5 Å². The number of halogens is 2. The molecule has 39 heavy (non-hydrogen) atoms. The second-order valence-corrected chi connectivity index (χ2v) is 10.6. The summed E-state index contributed by atoms with van der Waals surface area (Å²) in [6.45, 7) is 4.04. The number of carbonyl (C=O) groups is 1. The Balaban J connectivity index is 1.80. The van der Waals surface area contributed by atoms with Crippen molar-refractivity contribution in [3.8, 4) is 11.5 Å². The topological polar surface area (TPSA) is 138 Å². The fraction of sp³-hybridized carbons (Fsp3) is 0.148. The Morgan fingerprint density at radius 1 is 1.03 bits per heavy atom. The van der Waals surface area contributed by atoms with Crippen LogP contribution in [0.3, 0.4) is 0 Å². The number of anilines is 1. The summed E-state index contributed by atoms with van der Waals surface area (Å²) in [5.41, 5.74) is 0.948. The number of benzene rings is 4. The van der Waals surface area contributed by atoms with Crippen LogP contribution in [-0.4, -0.2) is 30.6 Å². The first-order valence-corrected chi connectivity index (χ1v) is 13.9. The number of azo groups is 1. The van der Waals surface area contributed by atoms with Crippen molar-refractivity contribution < 1.29 is 27.6 Å². The molecule has 4 aromatic carbocycles. The molecule has 0 fully saturated rings. The van der Waals surface area contributed by atoms with Crippen molar-refractivity contribution in [1.29, 1.82) is 0 Å². The van der Waals surface area contributed by atoms with E-state index in [2.05, 4.69) is 15.5 Å². The molecule has 4 aromatic rings. The maximum atomic E-state index is 13.2. The number of aryl methyl sites for hydroxylation is 1. The Hall–Kier alpha value is -3.70. The molecule has 0 unspecified atom stereocenters. The quantitative estimate of drug-likeness (QED) is 0.142. The van der Waals surface area contributed by atoms with Crippen LogP contribution in [0.4, 0.5) is 17.1 Å². The molecule has 0 radical (unpaired) electrons. The summed E-state index contributed by atoms with van der Waals surface area (Å²) < 4.78 is 38.5. The van der Waals surface area contributed by atoms with Crippen molar-refractivity contribution in [2.75, 3.05) is 11.9 Å². The maximum absolute atomic E-state index is 13.2. The van der Waals surface area contributed by atoms with Gasteiger partial charge in [-0.15, -0.1) is 5.11 Å². The van der Waals surface area contributed by atoms with Crippen LogP contribution in [0, 0.1) is 0 Å². The van der Waals surface area contributed by atoms with E-state index in [0.717, 1.165) is 6.07 Å². The standard InChI is InChI=1S/C27H23Cl2N3O6S/c1-3-15-10-22(29)24(39(35,36)37)14-23(15)31-32-25-20-8-6-5-7-16(20)9-21(26(25)33)27(34)30-18-11-17(28)12-19(13-18)38-4-2/h5-14,33H,3-4H2,1-2H3,(H,30,34)(H,35,36,37). The van der Waals surface area contributed by atoms with E-state index in [0.29, 0.717) is 45.8 Å². The lowest BCUT2D eigenvalue weighted by atomic mass is 10.0. The number of rotatable bonds is 8. The number of ether oxygens (including phenoxy) is 1. The number of aromatic hydroxyl groups is 1. The zero-order valence-corrected chi connectivity index (χ0v) is 23.1. The summed E-state index contributed by atoms with van der Waals surface area (Å²) >= 11 is 12.2. The van der Waals surface area contributed by atoms with Gasteiger partial charge in [0.05, 0.1) is 22.9 Å². The van der Waals surface area contributed by atoms with Gasteiger partial charge in [-0.2, -0.15) is 13.5 Å². The zero-order valence-electron chi connectivity index (χ0n) is 20.8. The molecule has 1 amide bonds. The molecule has 0 heterocycles. The second kappa shape index (κ2) is 11.6. The van der Waals surface area contributed by atoms with Crippen LogP contribution in [0.15, 0.2) is 75.8 Å². The number of amides is 1. The smallest absolute Gasteiger partial charge is 0.296 e. The van der Waals surface area contributed by atoms with E-state index < -0.39 is 26.7 Å². The molecule has 0 spiro atoms. The molecule has 0 saturated carbocycles. The van der Waals surface area contributed by atoms with Gasteiger partial charge >= 0.3 is 0 Å². The molecule has 0 aromatic heterocycles. The molecular formula is C27H23Cl2N3O6S. The number of nitrogens with zero attached hydrogens (tertiary/aromatic N) is 2. The third-order valence-corrected chi connectivity index (χ3v) is 7.27. The van der Waals surface area contributed by atoms with Crippen LogP contribution in [-0.2, 0) is 16.5 Å². The van der Waals surface area contributed by atoms with Crippen molar-refractivity contribution in [3.63, 3.8) is 0 Å². The third kappa shape index (κ3) is 6.31. The van der Waals surface area contributed by atoms with E-state index in [1.165, 1.54) is 12.1 Å². The molecule has 0 aliphatic carbocycles. The first-order valence-electron chi connectivity index (χ1n) is 11.7. The summed E-state index contributed by atoms with van der Waals surface area (Å²) in [6.07, 6.45) is 0.429. The molecule has 9 nitrogen and oxygen atoms in total. The van der Waals surface area contributed by atoms with E-state index >= 15 is 0 Å². The Morgan fingerprint density at radius 2 is 1.77 bits per heavy atom. The molecule has 3 N–H and O–H groups in total. The van der Waals surface area contributed by atoms with Gasteiger partial charge < -0.3 is 15.2 Å². The summed E-state index contributed by atoms with van der Waals surface area (Å²) in [5, 5.41) is 23.5. The minimum absolute atomic E-state index is 0.00948. The lowest BCUT2D eigenvalue weighted by Crippen LogP contribution is -2.12. The van der Waals surface area contributed by atoms with Gasteiger partial charge in [0.1, 0.15) is 16.3 Å². The summed E-state index contributed by atoms with van der Waals surface area (Å²) in [7, 11) is -4.62. The molecule has 0 aliphatic heterocycles. The number of hydrogen-bond donors (Lipinski definition) is 3. The number of phenolic OH excluding ortho intramolecular Hbond substituents is 1. The van der Waals surface area contributed by atoms with Gasteiger partial charge in [-0.1, -0.05) is 54.4 Å². The number of phenols is 1. The van der Waals surface area contributed by atoms with Gasteiger partial charge in [-0.25, -0.2) is 0 Å². The SMILES string of the molecule is CCOc1cc(Cl)cc(NC(=O)c2cc3ccccc3c(N=Nc3cc(S(=O)(=O)O)c(Cl)cc3CC)c2O)c1. The van der Waals surface area contributed by atoms with Crippen molar-refractivity contribution in [3.05, 3.63) is 81.8 Å². The summed E-state index contributed by atoms with van der Waals surface area (Å²) in [5.74, 6) is -0.602. The molecule has 202 valence electrons. The van der Waals surface area contributed by atoms with E-state index in [9.17, 15) is 22.9 Å². The van der Waals surface area contributed by atoms with Gasteiger partial charge in [0.2, 0.25) is 0 Å². The van der Waals surface area contributed by atoms with Gasteiger partial charge in [0.15, 0.2) is 5.75 Å². The highest BCUT2D eigenvalue weighted by atomic mass is 35.5. The van der Waals surface area contributed by atoms with Crippen LogP contribution in [0.25, 0.3) is 10.8 Å². The number of carbonyl (C=O) groups excluding carboxylic acids is 1. The predicted octanol–water partition coefficient (Wildman–Crippen LogP) is 7.73. The summed E-state index contributed by atoms with van der Waals surface area (Å²) in [6, 6.07) is 15.7. The largest absolute Gasteiger partial charge is 0.505 e. The van der Waals surface area contributed by atoms with Crippen LogP contribution in [0.2, 0.25) is 10.0 Å². The molecule has 0 atom stereocenters. The lowest BCUT2D eigenvalue weighted by Gasteiger charge is -2.13. The predicted molar refractivity (Wildman–Crippen MR) is 151 cm³/mol. The van der Waals surface area contributed by atoms with Crippen LogP contribution in [0.1, 0.15) is 29.8 Å². The van der Waals surface area contributed by atoms with Gasteiger partial charge in [-0.3, -0.25) is 9.35 Å². The first-order chi connectivity index (χ1) is 18.5. The highest BCUT2D eigenvalue weighted by Gasteiger charge is 2.21. The van der Waals surface area contributed by atoms with Gasteiger partial charge in [-0.05, 0) is 54.6 Å². The average molecular weight is 588 g/mol. The maximum Gasteiger partial charge on any atom is 0.296 e. The van der Waals surface area contributed by atoms with E-state index in [4.69, 9.17) is 27.9 Å². The fourth-order valence-electron chi connectivity index (χ4n) is 3.94. The number of hydrogen-bond acceptors (Lipinski definition) is 7. The highest BCUT2D eigenvalue weighted by molar-refractivity contribution is 7.86. The second-order valence-electron chi connectivity index (χ2n) is 8.35. The number of nitrogens with one attached hydrogen (secondary N) is 1. The minimum Gasteiger partial charge on any atom is -0.505 e. The number of fused-ring (bicyclic) bond motifs is 1. The van der Waals surface area contributed by atoms with Crippen LogP contribution >= 0.6 is 23.2 Å². The molecule has 4 rings (SSSR count). The fourth-order valence-corrected chi connectivity index (χ4v) is 5.21. The third-order valence-electron chi connectivity index (χ3n) is 5.73. The van der Waals surface area contributed by atoms with Crippen molar-refractivity contribution >= 4 is 67.1 Å². The zero-order chi connectivity index (χ0) is 28.3. The molecule has 0 bridgehead atoms. The Bertz CT molecular complexity index is 1720. The monoisotopic (exact) mass is 587 g/mol. The van der Waals surface area contributed by atoms with E-state index in [1.54, 1.807) is 42.5 Å². The Labute approximate surface area is 234 Å². The van der Waals surface area contributed by atoms with Crippen molar-refractivity contribution in [2.45, 2.75) is 25.2 Å². The van der Waals surface area contributed by atoms with E-state index in [1.807, 2.05) is 13.8 Å². The van der Waals surface area contributed by atoms with Crippen molar-refractivity contribution in [1.82, 2.24) is 0 Å². The Morgan fingerprint density at radius 3 is 2.46 bits per heavy atom. The average Bonchev–Trinajstić information content (AvgIpc) is 2.87. The van der Waals surface area contributed by atoms with Gasteiger partial charge in [0.25, 0.3) is 16.0 Å². The van der Waals surface area contributed by atoms with Crippen LogP contribution < -0.4 is 10.1 Å². The van der Waals surface area contributed by atoms with E-state index in [-0.39, 0.29) is 22.0 Å². The normalized spacial score (nSPS) is 11.7. The molecule has 12 heteroatoms. The molecular weight excluding hydrogens is 565 g/mol.